The van der Waals surface area contributed by atoms with Gasteiger partial charge in [-0.3, -0.25) is 10.1 Å². The molecule has 1 aliphatic heterocycles. The van der Waals surface area contributed by atoms with Gasteiger partial charge in [0, 0.05) is 30.9 Å². The van der Waals surface area contributed by atoms with Gasteiger partial charge >= 0.3 is 5.51 Å². The van der Waals surface area contributed by atoms with Crippen LogP contribution in [0, 0.1) is 15.9 Å². The molecule has 1 fully saturated rings. The van der Waals surface area contributed by atoms with Crippen LogP contribution in [0.25, 0.3) is 0 Å². The van der Waals surface area contributed by atoms with E-state index in [9.17, 15) is 36.1 Å². The third-order valence-corrected chi connectivity index (χ3v) is 6.29. The predicted molar refractivity (Wildman–Crippen MR) is 102 cm³/mol. The summed E-state index contributed by atoms with van der Waals surface area (Å²) in [5, 5.41) is 14.6. The molecule has 0 spiro atoms. The van der Waals surface area contributed by atoms with E-state index in [1.807, 2.05) is 0 Å². The first kappa shape index (κ1) is 21.8. The standard InChI is InChI=1S/C18H17F4N3O4S/c19-12-1-3-13(4-2-12)23-14-7-9-24(10-8-14)16-6-5-15(11-17(16)25(26)27)30(28,29)18(20,21)22/h1-6,11,14,23H,7-10H2. The number of hydrogen-bond acceptors (Lipinski definition) is 6. The maximum Gasteiger partial charge on any atom is 0.501 e. The van der Waals surface area contributed by atoms with E-state index < -0.39 is 30.9 Å². The lowest BCUT2D eigenvalue weighted by atomic mass is 10.0. The molecule has 1 N–H and O–H groups in total. The lowest BCUT2D eigenvalue weighted by Crippen LogP contribution is -2.39. The van der Waals surface area contributed by atoms with Crippen LogP contribution in [0.3, 0.4) is 0 Å². The number of alkyl halides is 3. The molecule has 0 radical (unpaired) electrons. The summed E-state index contributed by atoms with van der Waals surface area (Å²) in [5.74, 6) is -0.362. The van der Waals surface area contributed by atoms with Gasteiger partial charge in [-0.15, -0.1) is 0 Å². The molecule has 1 aliphatic rings. The number of anilines is 2. The molecular weight excluding hydrogens is 430 g/mol. The number of nitro benzene ring substituents is 1. The largest absolute Gasteiger partial charge is 0.501 e. The van der Waals surface area contributed by atoms with E-state index in [0.29, 0.717) is 32.0 Å². The summed E-state index contributed by atoms with van der Waals surface area (Å²) in [6, 6.07) is 8.04. The first-order valence-electron chi connectivity index (χ1n) is 8.86. The first-order chi connectivity index (χ1) is 14.0. The van der Waals surface area contributed by atoms with E-state index in [1.54, 1.807) is 17.0 Å². The van der Waals surface area contributed by atoms with Gasteiger partial charge in [0.25, 0.3) is 15.5 Å². The number of nitro groups is 1. The van der Waals surface area contributed by atoms with Gasteiger partial charge in [-0.05, 0) is 49.2 Å². The average Bonchev–Trinajstić information content (AvgIpc) is 2.69. The van der Waals surface area contributed by atoms with Crippen molar-refractivity contribution >= 4 is 26.9 Å². The van der Waals surface area contributed by atoms with E-state index in [-0.39, 0.29) is 17.5 Å². The molecule has 1 saturated heterocycles. The highest BCUT2D eigenvalue weighted by atomic mass is 32.2. The van der Waals surface area contributed by atoms with Gasteiger partial charge in [-0.25, -0.2) is 12.8 Å². The Morgan fingerprint density at radius 3 is 2.20 bits per heavy atom. The molecule has 0 bridgehead atoms. The van der Waals surface area contributed by atoms with E-state index >= 15 is 0 Å². The highest BCUT2D eigenvalue weighted by Gasteiger charge is 2.47. The zero-order chi connectivity index (χ0) is 22.1. The van der Waals surface area contributed by atoms with Gasteiger partial charge in [-0.1, -0.05) is 0 Å². The number of piperidine rings is 1. The van der Waals surface area contributed by atoms with Crippen molar-refractivity contribution in [3.05, 3.63) is 58.4 Å². The Morgan fingerprint density at radius 1 is 1.07 bits per heavy atom. The van der Waals surface area contributed by atoms with Crippen molar-refractivity contribution in [1.29, 1.82) is 0 Å². The zero-order valence-electron chi connectivity index (χ0n) is 15.4. The summed E-state index contributed by atoms with van der Waals surface area (Å²) in [6.45, 7) is 0.732. The second kappa shape index (κ2) is 8.09. The number of nitrogens with zero attached hydrogens (tertiary/aromatic N) is 2. The fourth-order valence-electron chi connectivity index (χ4n) is 3.26. The lowest BCUT2D eigenvalue weighted by Gasteiger charge is -2.34. The molecule has 2 aromatic rings. The van der Waals surface area contributed by atoms with Crippen molar-refractivity contribution in [2.24, 2.45) is 0 Å². The summed E-state index contributed by atoms with van der Waals surface area (Å²) < 4.78 is 74.4. The topological polar surface area (TPSA) is 92.5 Å². The third-order valence-electron chi connectivity index (χ3n) is 4.81. The number of sulfone groups is 1. The minimum atomic E-state index is -5.69. The van der Waals surface area contributed by atoms with Crippen molar-refractivity contribution in [3.8, 4) is 0 Å². The van der Waals surface area contributed by atoms with Crippen LogP contribution in [-0.4, -0.2) is 38.0 Å². The second-order valence-corrected chi connectivity index (χ2v) is 8.71. The Bertz CT molecular complexity index is 1030. The van der Waals surface area contributed by atoms with Crippen LogP contribution in [0.2, 0.25) is 0 Å². The van der Waals surface area contributed by atoms with Crippen LogP contribution < -0.4 is 10.2 Å². The Hall–Kier alpha value is -2.89. The molecule has 0 unspecified atom stereocenters. The van der Waals surface area contributed by atoms with Crippen molar-refractivity contribution in [1.82, 2.24) is 0 Å². The molecule has 30 heavy (non-hydrogen) atoms. The summed E-state index contributed by atoms with van der Waals surface area (Å²) in [7, 11) is -5.69. The first-order valence-corrected chi connectivity index (χ1v) is 10.3. The van der Waals surface area contributed by atoms with E-state index in [1.165, 1.54) is 12.1 Å². The highest BCUT2D eigenvalue weighted by molar-refractivity contribution is 7.92. The van der Waals surface area contributed by atoms with E-state index in [2.05, 4.69) is 5.32 Å². The molecule has 0 amide bonds. The van der Waals surface area contributed by atoms with Gasteiger partial charge < -0.3 is 10.2 Å². The Balaban J connectivity index is 1.76. The molecule has 0 aromatic heterocycles. The summed E-state index contributed by atoms with van der Waals surface area (Å²) in [5.41, 5.74) is -5.47. The van der Waals surface area contributed by atoms with Crippen LogP contribution in [0.1, 0.15) is 12.8 Å². The molecule has 0 saturated carbocycles. The normalized spacial score (nSPS) is 15.8. The van der Waals surface area contributed by atoms with Crippen molar-refractivity contribution in [2.75, 3.05) is 23.3 Å². The molecular formula is C18H17F4N3O4S. The summed E-state index contributed by atoms with van der Waals surface area (Å²) in [6.07, 6.45) is 1.13. The van der Waals surface area contributed by atoms with Crippen LogP contribution in [0.4, 0.5) is 34.6 Å². The number of rotatable bonds is 5. The molecule has 0 atom stereocenters. The minimum Gasteiger partial charge on any atom is -0.382 e. The number of hydrogen-bond donors (Lipinski definition) is 1. The predicted octanol–water partition coefficient (Wildman–Crippen LogP) is 4.11. The minimum absolute atomic E-state index is 0.0237. The van der Waals surface area contributed by atoms with Gasteiger partial charge in [0.15, 0.2) is 0 Å². The molecule has 1 heterocycles. The second-order valence-electron chi connectivity index (χ2n) is 6.77. The fraction of sp³-hybridized carbons (Fsp3) is 0.333. The van der Waals surface area contributed by atoms with Crippen molar-refractivity contribution in [2.45, 2.75) is 29.3 Å². The van der Waals surface area contributed by atoms with Crippen molar-refractivity contribution in [3.63, 3.8) is 0 Å². The Labute approximate surface area is 169 Å². The average molecular weight is 447 g/mol. The van der Waals surface area contributed by atoms with E-state index in [4.69, 9.17) is 0 Å². The summed E-state index contributed by atoms with van der Waals surface area (Å²) >= 11 is 0. The highest BCUT2D eigenvalue weighted by Crippen LogP contribution is 2.37. The van der Waals surface area contributed by atoms with Crippen molar-refractivity contribution < 1.29 is 30.9 Å². The molecule has 3 rings (SSSR count). The van der Waals surface area contributed by atoms with Crippen LogP contribution >= 0.6 is 0 Å². The quantitative estimate of drug-likeness (QED) is 0.421. The smallest absolute Gasteiger partial charge is 0.382 e. The van der Waals surface area contributed by atoms with Gasteiger partial charge in [0.2, 0.25) is 0 Å². The van der Waals surface area contributed by atoms with Crippen LogP contribution in [0.15, 0.2) is 47.4 Å². The molecule has 162 valence electrons. The van der Waals surface area contributed by atoms with Gasteiger partial charge in [0.05, 0.1) is 9.82 Å². The lowest BCUT2D eigenvalue weighted by molar-refractivity contribution is -0.384. The van der Waals surface area contributed by atoms with Gasteiger partial charge in [-0.2, -0.15) is 13.2 Å². The third kappa shape index (κ3) is 4.48. The fourth-order valence-corrected chi connectivity index (χ4v) is 4.05. The SMILES string of the molecule is O=[N+]([O-])c1cc(S(=O)(=O)C(F)(F)F)ccc1N1CCC(Nc2ccc(F)cc2)CC1. The molecule has 2 aromatic carbocycles. The maximum absolute atomic E-state index is 13.0. The molecule has 12 heteroatoms. The Morgan fingerprint density at radius 2 is 1.67 bits per heavy atom. The maximum atomic E-state index is 13.0. The summed E-state index contributed by atoms with van der Waals surface area (Å²) in [4.78, 5) is 11.0. The van der Waals surface area contributed by atoms with Crippen LogP contribution in [-0.2, 0) is 9.84 Å². The number of benzene rings is 2. The number of halogens is 4. The van der Waals surface area contributed by atoms with E-state index in [0.717, 1.165) is 17.8 Å². The zero-order valence-corrected chi connectivity index (χ0v) is 16.2. The van der Waals surface area contributed by atoms with Crippen LogP contribution in [0.5, 0.6) is 0 Å². The molecule has 7 nitrogen and oxygen atoms in total. The molecule has 0 aliphatic carbocycles. The Kier molecular flexibility index (Phi) is 5.88. The van der Waals surface area contributed by atoms with Gasteiger partial charge in [0.1, 0.15) is 11.5 Å². The monoisotopic (exact) mass is 447 g/mol. The number of nitrogens with one attached hydrogen (secondary N) is 1.